The average Bonchev–Trinajstić information content (AvgIpc) is 3.86. The van der Waals surface area contributed by atoms with Crippen molar-refractivity contribution in [1.29, 1.82) is 0 Å². The lowest BCUT2D eigenvalue weighted by Crippen LogP contribution is -1.91. The summed E-state index contributed by atoms with van der Waals surface area (Å²) in [6.07, 6.45) is 0. The molecule has 0 saturated heterocycles. The lowest BCUT2D eigenvalue weighted by atomic mass is 9.88. The number of aryl methyl sites for hydroxylation is 2. The quantitative estimate of drug-likeness (QED) is 0.179. The Labute approximate surface area is 288 Å². The third-order valence-electron chi connectivity index (χ3n) is 9.24. The smallest absolute Gasteiger partial charge is 0.248 e. The summed E-state index contributed by atoms with van der Waals surface area (Å²) in [7, 11) is 0. The van der Waals surface area contributed by atoms with Crippen LogP contribution in [-0.2, 0) is 0 Å². The zero-order valence-corrected chi connectivity index (χ0v) is 27.5. The van der Waals surface area contributed by atoms with E-state index in [1.54, 1.807) is 0 Å². The van der Waals surface area contributed by atoms with E-state index in [0.29, 0.717) is 23.6 Å². The minimum Gasteiger partial charge on any atom is -0.416 e. The van der Waals surface area contributed by atoms with Gasteiger partial charge in [0.25, 0.3) is 0 Å². The second-order valence-electron chi connectivity index (χ2n) is 12.6. The first kappa shape index (κ1) is 29.5. The molecule has 0 atom stereocenters. The summed E-state index contributed by atoms with van der Waals surface area (Å²) in [5, 5.41) is 22.5. The molecule has 6 heteroatoms. The second-order valence-corrected chi connectivity index (χ2v) is 12.6. The maximum absolute atomic E-state index is 6.40. The summed E-state index contributed by atoms with van der Waals surface area (Å²) >= 11 is 0. The maximum Gasteiger partial charge on any atom is 0.248 e. The number of nitrogens with zero attached hydrogens (tertiary/aromatic N) is 4. The van der Waals surface area contributed by atoms with E-state index < -0.39 is 0 Å². The van der Waals surface area contributed by atoms with E-state index >= 15 is 0 Å². The Hall–Kier alpha value is -6.66. The van der Waals surface area contributed by atoms with Gasteiger partial charge in [0, 0.05) is 22.3 Å². The maximum atomic E-state index is 6.40. The molecule has 0 amide bonds. The van der Waals surface area contributed by atoms with Crippen LogP contribution in [0.3, 0.4) is 0 Å². The summed E-state index contributed by atoms with van der Waals surface area (Å²) in [5.74, 6) is 1.72. The molecule has 9 aromatic rings. The molecule has 0 N–H and O–H groups in total. The highest BCUT2D eigenvalue weighted by molar-refractivity contribution is 6.10. The van der Waals surface area contributed by atoms with Gasteiger partial charge in [-0.05, 0) is 94.0 Å². The van der Waals surface area contributed by atoms with Gasteiger partial charge in [0.05, 0.1) is 0 Å². The lowest BCUT2D eigenvalue weighted by Gasteiger charge is -2.15. The largest absolute Gasteiger partial charge is 0.416 e. The van der Waals surface area contributed by atoms with E-state index in [1.807, 2.05) is 67.6 Å². The zero-order valence-electron chi connectivity index (χ0n) is 27.5. The second kappa shape index (κ2) is 12.1. The Morgan fingerprint density at radius 3 is 1.42 bits per heavy atom. The van der Waals surface area contributed by atoms with Crippen molar-refractivity contribution in [2.24, 2.45) is 0 Å². The molecule has 0 aliphatic carbocycles. The van der Waals surface area contributed by atoms with E-state index in [0.717, 1.165) is 55.3 Å². The first-order valence-corrected chi connectivity index (χ1v) is 16.6. The molecule has 2 heterocycles. The number of hydrogen-bond donors (Lipinski definition) is 0. The fourth-order valence-corrected chi connectivity index (χ4v) is 6.62. The predicted octanol–water partition coefficient (Wildman–Crippen LogP) is 11.4. The molecule has 0 fully saturated rings. The lowest BCUT2D eigenvalue weighted by molar-refractivity contribution is 0.582. The molecule has 7 aromatic carbocycles. The van der Waals surface area contributed by atoms with E-state index in [1.165, 1.54) is 21.9 Å². The highest BCUT2D eigenvalue weighted by atomic mass is 16.4. The van der Waals surface area contributed by atoms with Crippen molar-refractivity contribution in [3.8, 4) is 68.1 Å². The summed E-state index contributed by atoms with van der Waals surface area (Å²) in [4.78, 5) is 0. The van der Waals surface area contributed by atoms with E-state index in [9.17, 15) is 0 Å². The van der Waals surface area contributed by atoms with Gasteiger partial charge in [-0.2, -0.15) is 0 Å². The van der Waals surface area contributed by atoms with Gasteiger partial charge >= 0.3 is 0 Å². The van der Waals surface area contributed by atoms with E-state index in [2.05, 4.69) is 112 Å². The van der Waals surface area contributed by atoms with E-state index in [-0.39, 0.29) is 0 Å². The Morgan fingerprint density at radius 2 is 0.780 bits per heavy atom. The van der Waals surface area contributed by atoms with Gasteiger partial charge in [0.2, 0.25) is 23.6 Å². The fourth-order valence-electron chi connectivity index (χ4n) is 6.62. The molecule has 0 aliphatic rings. The Kier molecular flexibility index (Phi) is 7.13. The van der Waals surface area contributed by atoms with Crippen molar-refractivity contribution >= 4 is 21.5 Å². The highest BCUT2D eigenvalue weighted by Crippen LogP contribution is 2.42. The summed E-state index contributed by atoms with van der Waals surface area (Å²) < 4.78 is 12.6. The first-order valence-electron chi connectivity index (χ1n) is 16.6. The molecule has 0 saturated carbocycles. The van der Waals surface area contributed by atoms with Crippen LogP contribution in [0, 0.1) is 13.8 Å². The Balaban J connectivity index is 1.21. The van der Waals surface area contributed by atoms with Crippen molar-refractivity contribution in [3.63, 3.8) is 0 Å². The molecular formula is C44H30N4O2. The van der Waals surface area contributed by atoms with Crippen LogP contribution in [0.4, 0.5) is 0 Å². The summed E-state index contributed by atoms with van der Waals surface area (Å²) in [6, 6.07) is 50.1. The number of benzene rings is 7. The van der Waals surface area contributed by atoms with Gasteiger partial charge in [-0.1, -0.05) is 120 Å². The monoisotopic (exact) mass is 646 g/mol. The van der Waals surface area contributed by atoms with Gasteiger partial charge in [-0.15, -0.1) is 20.4 Å². The van der Waals surface area contributed by atoms with Crippen molar-refractivity contribution in [1.82, 2.24) is 20.4 Å². The van der Waals surface area contributed by atoms with Crippen LogP contribution >= 0.6 is 0 Å². The fraction of sp³-hybridized carbons (Fsp3) is 0.0455. The zero-order chi connectivity index (χ0) is 33.6. The molecular weight excluding hydrogens is 617 g/mol. The van der Waals surface area contributed by atoms with Crippen LogP contribution < -0.4 is 0 Å². The summed E-state index contributed by atoms with van der Waals surface area (Å²) in [5.41, 5.74) is 9.94. The first-order chi connectivity index (χ1) is 24.6. The minimum atomic E-state index is 0.401. The van der Waals surface area contributed by atoms with Crippen LogP contribution in [0.2, 0.25) is 0 Å². The van der Waals surface area contributed by atoms with Crippen LogP contribution in [0.1, 0.15) is 11.1 Å². The number of hydrogen-bond acceptors (Lipinski definition) is 6. The molecule has 238 valence electrons. The third kappa shape index (κ3) is 5.24. The number of rotatable bonds is 6. The molecule has 0 aliphatic heterocycles. The van der Waals surface area contributed by atoms with Crippen molar-refractivity contribution in [2.45, 2.75) is 13.8 Å². The molecule has 0 spiro atoms. The van der Waals surface area contributed by atoms with Crippen molar-refractivity contribution < 1.29 is 8.83 Å². The SMILES string of the molecule is Cc1ccc(-c2nnc(-c3ccc(-c4ccc(-c5cccc6ccccc56)c5ccccc45)c(-c4nnc(-c5ccc(C)cc5)o4)c3)o2)cc1. The standard InChI is InChI=1S/C44H30N4O2/c1-27-14-18-30(19-15-27)41-45-47-43(49-41)32-22-23-39(40(26-32)44-48-46-42(50-44)31-20-16-28(2)17-21-31)38-25-24-37(35-11-5-6-12-36(35)38)34-13-7-9-29-8-3-4-10-33(29)34/h3-26H,1-2H3. The van der Waals surface area contributed by atoms with Gasteiger partial charge < -0.3 is 8.83 Å². The van der Waals surface area contributed by atoms with Crippen molar-refractivity contribution in [3.05, 3.63) is 157 Å². The average molecular weight is 647 g/mol. The van der Waals surface area contributed by atoms with Gasteiger partial charge in [-0.3, -0.25) is 0 Å². The Bertz CT molecular complexity index is 2660. The molecule has 0 unspecified atom stereocenters. The van der Waals surface area contributed by atoms with E-state index in [4.69, 9.17) is 8.83 Å². The molecule has 9 rings (SSSR count). The van der Waals surface area contributed by atoms with Gasteiger partial charge in [0.1, 0.15) is 0 Å². The Morgan fingerprint density at radius 1 is 0.340 bits per heavy atom. The molecule has 50 heavy (non-hydrogen) atoms. The van der Waals surface area contributed by atoms with Gasteiger partial charge in [-0.25, -0.2) is 0 Å². The van der Waals surface area contributed by atoms with Gasteiger partial charge in [0.15, 0.2) is 0 Å². The molecule has 0 radical (unpaired) electrons. The molecule has 0 bridgehead atoms. The topological polar surface area (TPSA) is 77.8 Å². The number of aromatic nitrogens is 4. The summed E-state index contributed by atoms with van der Waals surface area (Å²) in [6.45, 7) is 4.10. The van der Waals surface area contributed by atoms with Crippen molar-refractivity contribution in [2.75, 3.05) is 0 Å². The minimum absolute atomic E-state index is 0.401. The predicted molar refractivity (Wildman–Crippen MR) is 199 cm³/mol. The molecule has 2 aromatic heterocycles. The van der Waals surface area contributed by atoms with Crippen LogP contribution in [0.5, 0.6) is 0 Å². The van der Waals surface area contributed by atoms with Crippen LogP contribution in [-0.4, -0.2) is 20.4 Å². The highest BCUT2D eigenvalue weighted by Gasteiger charge is 2.21. The van der Waals surface area contributed by atoms with Crippen LogP contribution in [0.15, 0.2) is 154 Å². The third-order valence-corrected chi connectivity index (χ3v) is 9.24. The number of fused-ring (bicyclic) bond motifs is 2. The molecule has 6 nitrogen and oxygen atoms in total. The van der Waals surface area contributed by atoms with Crippen LogP contribution in [0.25, 0.3) is 89.6 Å². The normalized spacial score (nSPS) is 11.4.